The molecule has 18 nitrogen and oxygen atoms in total. The lowest BCUT2D eigenvalue weighted by Gasteiger charge is -2.33. The molecular formula is C122H121N13O5. The van der Waals surface area contributed by atoms with E-state index in [1.165, 1.54) is 126 Å². The van der Waals surface area contributed by atoms with Gasteiger partial charge in [-0.25, -0.2) is 4.98 Å². The predicted molar refractivity (Wildman–Crippen MR) is 587 cm³/mol. The summed E-state index contributed by atoms with van der Waals surface area (Å²) in [5.74, 6) is 0.508. The summed E-state index contributed by atoms with van der Waals surface area (Å²) in [7, 11) is 4.24. The molecule has 0 saturated heterocycles. The summed E-state index contributed by atoms with van der Waals surface area (Å²) >= 11 is 0. The van der Waals surface area contributed by atoms with E-state index in [9.17, 15) is 0 Å². The third-order valence-corrected chi connectivity index (χ3v) is 29.0. The monoisotopic (exact) mass is 1850 g/mol. The van der Waals surface area contributed by atoms with Crippen LogP contribution < -0.4 is 49.0 Å². The first-order valence-corrected chi connectivity index (χ1v) is 48.8. The zero-order chi connectivity index (χ0) is 99.4. The molecule has 6 atom stereocenters. The Balaban J connectivity index is 0.000000102. The van der Waals surface area contributed by atoms with Crippen molar-refractivity contribution < 1.29 is 26.2 Å². The van der Waals surface area contributed by atoms with Crippen LogP contribution in [0.3, 0.4) is 0 Å². The topological polar surface area (TPSA) is 117 Å². The molecule has 704 valence electrons. The fraction of sp³-hybridized carbons (Fsp3) is 0.221. The maximum atomic E-state index is 7.79. The van der Waals surface area contributed by atoms with Crippen LogP contribution in [-0.4, -0.2) is 84.9 Å². The second kappa shape index (κ2) is 36.8. The summed E-state index contributed by atoms with van der Waals surface area (Å²) < 4.78 is 54.7. The molecule has 20 aromatic rings. The number of aromatic nitrogens is 1. The van der Waals surface area contributed by atoms with Crippen LogP contribution in [0, 0.1) is 41.5 Å². The molecule has 0 bridgehead atoms. The molecule has 0 unspecified atom stereocenters. The van der Waals surface area contributed by atoms with Crippen LogP contribution in [0.4, 0.5) is 74.1 Å². The highest BCUT2D eigenvalue weighted by atomic mass is 16.3. The highest BCUT2D eigenvalue weighted by molar-refractivity contribution is 6.15. The number of para-hydroxylation sites is 11. The molecule has 0 radical (unpaired) electrons. The molecule has 0 saturated carbocycles. The number of hydrogen-bond acceptors (Lipinski definition) is 18. The molecule has 14 aromatic carbocycles. The highest BCUT2D eigenvalue weighted by Crippen LogP contribution is 2.53. The standard InChI is InChI=1S/C24H24N2O.C23H20N2O.C22H20N2O.C20H22N2O.C18H18N2O.C15H17N3/c1-15(2)25-17(4)26(21-11-7-6-10-20(21)25)23-16(3)13-14-19-18-9-5-8-12-22(18)27-24(19)23;1-16-12-13-20-19-10-6-7-11-21(19)26-23(20)22(16)25-15-14-24(17(25)2)18-8-4-3-5-9-18;1-14-12-13-17-16-8-4-7-11-20(16)25-22(17)21(14)24-15(2)23(3)18-9-5-6-10-19(18)24;1-13(2)21-11-12-22(15(21)4)19-14(3)9-10-17-16-7-5-6-8-18(16)23-20(17)19;1-12-8-9-15-14-6-4-5-7-16(14)21-18(15)17(12)20-11-10-19(3)13(20)2;1-11-7-4-5-8-13(11)18-12(2)17(3)15-14(18)9-6-10-16-15/h5-15,17H,1-4H3;3-15,17H,1-2H3;4-13,15H,1-3H3;5-13,15H,1-4H3;4-11,13H,1-3H3;4-10,12H,1-3H3/t2*17-;2*15-;13-;12-/m000000/s1/i;;;;;3D3. The average molecular weight is 1850 g/mol. The second-order valence-electron chi connectivity index (χ2n) is 38.1. The Bertz CT molecular complexity index is 8310. The van der Waals surface area contributed by atoms with Gasteiger partial charge in [0, 0.05) is 146 Å². The van der Waals surface area contributed by atoms with Gasteiger partial charge in [-0.2, -0.15) is 0 Å². The van der Waals surface area contributed by atoms with E-state index in [0.29, 0.717) is 24.1 Å². The van der Waals surface area contributed by atoms with E-state index < -0.39 is 6.98 Å². The number of aryl methyl sites for hydroxylation is 6. The molecule has 0 fully saturated rings. The number of fused-ring (bicyclic) bond motifs is 18. The van der Waals surface area contributed by atoms with Crippen molar-refractivity contribution in [3.8, 4) is 0 Å². The van der Waals surface area contributed by atoms with Gasteiger partial charge in [0.15, 0.2) is 33.7 Å². The molecule has 0 aliphatic carbocycles. The fourth-order valence-electron chi connectivity index (χ4n) is 21.6. The summed E-state index contributed by atoms with van der Waals surface area (Å²) in [6, 6.07) is 103. The Morgan fingerprint density at radius 3 is 1.03 bits per heavy atom. The maximum absolute atomic E-state index is 7.79. The quantitative estimate of drug-likeness (QED) is 0.136. The van der Waals surface area contributed by atoms with Crippen LogP contribution in [0.25, 0.3) is 110 Å². The van der Waals surface area contributed by atoms with Gasteiger partial charge in [-0.3, -0.25) is 0 Å². The van der Waals surface area contributed by atoms with E-state index in [4.69, 9.17) is 26.2 Å². The number of hydrogen-bond donors (Lipinski definition) is 0. The summed E-state index contributed by atoms with van der Waals surface area (Å²) in [6.07, 6.45) is 15.4. The lowest BCUT2D eigenvalue weighted by atomic mass is 10.1. The fourth-order valence-corrected chi connectivity index (χ4v) is 21.6. The SMILES string of the molecule is Cc1ccc2c(oc3ccccc32)c1N1C=CN(C(C)C)[C@@H]1C.Cc1ccc2c(oc3ccccc32)c1N1C=CN(C)[C@@H]1C.Cc1ccc2c(oc3ccccc32)c1N1C=CN(c2ccccc2)[C@@H]1C.Cc1ccc2c(oc3ccccc32)c1N1c2ccccc2N(C(C)C)[C@@H]1C.Cc1ccc2c(oc3ccccc32)c1N1c2ccccc2N(C)[C@@H]1C.[2H]C([2H])([2H])N1c2ncccc2N(c2ccccc2C)[C@H]1C. The van der Waals surface area contributed by atoms with Gasteiger partial charge in [-0.15, -0.1) is 0 Å². The summed E-state index contributed by atoms with van der Waals surface area (Å²) in [6.45, 7) is 32.6. The van der Waals surface area contributed by atoms with Crippen LogP contribution >= 0.6 is 0 Å². The van der Waals surface area contributed by atoms with Crippen LogP contribution in [-0.2, 0) is 0 Å². The predicted octanol–water partition coefficient (Wildman–Crippen LogP) is 31.5. The first kappa shape index (κ1) is 86.9. The third-order valence-electron chi connectivity index (χ3n) is 29.0. The lowest BCUT2D eigenvalue weighted by Crippen LogP contribution is -2.42. The molecule has 26 rings (SSSR count). The summed E-state index contributed by atoms with van der Waals surface area (Å²) in [5.41, 5.74) is 30.7. The number of pyridine rings is 1. The van der Waals surface area contributed by atoms with Crippen molar-refractivity contribution in [3.05, 3.63) is 374 Å². The van der Waals surface area contributed by atoms with E-state index in [-0.39, 0.29) is 30.8 Å². The number of benzene rings is 14. The molecule has 0 N–H and O–H groups in total. The van der Waals surface area contributed by atoms with Gasteiger partial charge in [-0.05, 0) is 229 Å². The zero-order valence-corrected chi connectivity index (χ0v) is 82.8. The molecule has 140 heavy (non-hydrogen) atoms. The Hall–Kier alpha value is -16.0. The largest absolute Gasteiger partial charge is 0.454 e. The minimum atomic E-state index is -2.22. The van der Waals surface area contributed by atoms with Gasteiger partial charge in [0.2, 0.25) is 0 Å². The third kappa shape index (κ3) is 15.6. The van der Waals surface area contributed by atoms with Crippen LogP contribution in [0.2, 0.25) is 0 Å². The maximum Gasteiger partial charge on any atom is 0.159 e. The van der Waals surface area contributed by atoms with Crippen molar-refractivity contribution in [3.63, 3.8) is 0 Å². The van der Waals surface area contributed by atoms with Gasteiger partial charge in [0.25, 0.3) is 0 Å². The van der Waals surface area contributed by atoms with Crippen molar-refractivity contribution in [2.45, 2.75) is 160 Å². The van der Waals surface area contributed by atoms with Crippen molar-refractivity contribution >= 4 is 184 Å². The van der Waals surface area contributed by atoms with Gasteiger partial charge in [-0.1, -0.05) is 212 Å². The summed E-state index contributed by atoms with van der Waals surface area (Å²) in [5, 5.41) is 11.8. The van der Waals surface area contributed by atoms with Gasteiger partial charge in [0.05, 0.1) is 56.9 Å². The van der Waals surface area contributed by atoms with Gasteiger partial charge in [0.1, 0.15) is 64.9 Å². The van der Waals surface area contributed by atoms with E-state index in [0.717, 1.165) is 89.8 Å². The van der Waals surface area contributed by atoms with Gasteiger partial charge < -0.3 is 80.9 Å². The van der Waals surface area contributed by atoms with Crippen LogP contribution in [0.15, 0.2) is 363 Å². The molecule has 0 spiro atoms. The normalized spacial score (nSPS) is 17.8. The molecule has 0 amide bonds. The van der Waals surface area contributed by atoms with Crippen molar-refractivity contribution in [1.82, 2.24) is 14.8 Å². The smallest absolute Gasteiger partial charge is 0.159 e. The van der Waals surface area contributed by atoms with Crippen LogP contribution in [0.1, 0.15) is 107 Å². The number of anilines is 13. The minimum absolute atomic E-state index is 0.176. The molecule has 6 aliphatic heterocycles. The Morgan fingerprint density at radius 2 is 0.607 bits per heavy atom. The number of furan rings is 5. The molecule has 6 aliphatic rings. The van der Waals surface area contributed by atoms with E-state index >= 15 is 0 Å². The lowest BCUT2D eigenvalue weighted by molar-refractivity contribution is 0.263. The Morgan fingerprint density at radius 1 is 0.264 bits per heavy atom. The number of rotatable bonds is 9. The van der Waals surface area contributed by atoms with E-state index in [2.05, 4.69) is 402 Å². The van der Waals surface area contributed by atoms with Gasteiger partial charge >= 0.3 is 0 Å². The molecule has 6 aromatic heterocycles. The van der Waals surface area contributed by atoms with Crippen molar-refractivity contribution in [2.24, 2.45) is 0 Å². The van der Waals surface area contributed by atoms with Crippen molar-refractivity contribution in [2.75, 3.05) is 70.1 Å². The highest BCUT2D eigenvalue weighted by Gasteiger charge is 2.40. The molecule has 18 heteroatoms. The average Bonchev–Trinajstić information content (AvgIpc) is 1.57. The Kier molecular flexibility index (Phi) is 22.9. The first-order chi connectivity index (χ1) is 69.1. The first-order valence-electron chi connectivity index (χ1n) is 50.3. The molecule has 12 heterocycles. The van der Waals surface area contributed by atoms with Crippen molar-refractivity contribution in [1.29, 1.82) is 0 Å². The number of nitrogens with zero attached hydrogens (tertiary/aromatic N) is 13. The minimum Gasteiger partial charge on any atom is -0.454 e. The van der Waals surface area contributed by atoms with E-state index in [1.54, 1.807) is 6.20 Å². The molecular weight excluding hydrogens is 1730 g/mol. The Labute approximate surface area is 823 Å². The second-order valence-corrected chi connectivity index (χ2v) is 38.1. The summed E-state index contributed by atoms with van der Waals surface area (Å²) in [4.78, 5) is 31.1. The van der Waals surface area contributed by atoms with Crippen LogP contribution in [0.5, 0.6) is 0 Å². The zero-order valence-electron chi connectivity index (χ0n) is 85.8. The van der Waals surface area contributed by atoms with E-state index in [1.807, 2.05) is 116 Å².